The summed E-state index contributed by atoms with van der Waals surface area (Å²) in [5.41, 5.74) is -1.63. The number of carboxylic acids is 1. The number of carbonyl (C=O) groups is 2. The summed E-state index contributed by atoms with van der Waals surface area (Å²) in [7, 11) is 0. The van der Waals surface area contributed by atoms with Crippen LogP contribution in [0.15, 0.2) is 18.2 Å². The van der Waals surface area contributed by atoms with Gasteiger partial charge in [-0.2, -0.15) is 13.2 Å². The summed E-state index contributed by atoms with van der Waals surface area (Å²) >= 11 is 0. The molecule has 2 rings (SSSR count). The summed E-state index contributed by atoms with van der Waals surface area (Å²) in [5.74, 6) is -3.88. The summed E-state index contributed by atoms with van der Waals surface area (Å²) in [6, 6.07) is 2.18. The van der Waals surface area contributed by atoms with Crippen LogP contribution in [0.3, 0.4) is 0 Å². The van der Waals surface area contributed by atoms with E-state index in [1.807, 2.05) is 0 Å². The first-order chi connectivity index (χ1) is 9.70. The Balaban J connectivity index is 2.36. The molecule has 0 aromatic heterocycles. The third-order valence-electron chi connectivity index (χ3n) is 3.33. The number of carboxylic acid groups (broad SMARTS) is 1. The van der Waals surface area contributed by atoms with E-state index in [9.17, 15) is 27.2 Å². The average molecular weight is 305 g/mol. The molecule has 1 aliphatic rings. The van der Waals surface area contributed by atoms with E-state index in [2.05, 4.69) is 0 Å². The molecule has 0 radical (unpaired) electrons. The van der Waals surface area contributed by atoms with Gasteiger partial charge in [0, 0.05) is 18.7 Å². The fraction of sp³-hybridized carbons (Fsp3) is 0.385. The van der Waals surface area contributed by atoms with Crippen molar-refractivity contribution in [2.75, 3.05) is 11.4 Å². The molecule has 114 valence electrons. The normalized spacial score (nSPS) is 19.7. The molecule has 1 saturated heterocycles. The van der Waals surface area contributed by atoms with E-state index in [0.29, 0.717) is 12.1 Å². The van der Waals surface area contributed by atoms with Gasteiger partial charge in [-0.25, -0.2) is 4.39 Å². The predicted molar refractivity (Wildman–Crippen MR) is 64.1 cm³/mol. The molecule has 0 aliphatic carbocycles. The number of nitrogens with zero attached hydrogens (tertiary/aromatic N) is 1. The Morgan fingerprint density at radius 1 is 1.33 bits per heavy atom. The molecular formula is C13H11F4NO3. The second kappa shape index (κ2) is 5.34. The van der Waals surface area contributed by atoms with Crippen molar-refractivity contribution >= 4 is 17.6 Å². The summed E-state index contributed by atoms with van der Waals surface area (Å²) in [4.78, 5) is 23.7. The van der Waals surface area contributed by atoms with Crippen LogP contribution in [0, 0.1) is 11.7 Å². The molecule has 1 aromatic carbocycles. The number of aliphatic carboxylic acids is 1. The number of benzene rings is 1. The third kappa shape index (κ3) is 3.14. The number of amides is 1. The van der Waals surface area contributed by atoms with Gasteiger partial charge >= 0.3 is 12.1 Å². The lowest BCUT2D eigenvalue weighted by Crippen LogP contribution is -2.42. The predicted octanol–water partition coefficient (Wildman–Crippen LogP) is 2.67. The second-order valence-electron chi connectivity index (χ2n) is 4.74. The van der Waals surface area contributed by atoms with Gasteiger partial charge in [0.2, 0.25) is 5.91 Å². The van der Waals surface area contributed by atoms with Gasteiger partial charge in [0.25, 0.3) is 0 Å². The molecule has 1 amide bonds. The molecule has 1 aliphatic heterocycles. The van der Waals surface area contributed by atoms with Crippen LogP contribution in [0.5, 0.6) is 0 Å². The molecule has 1 fully saturated rings. The van der Waals surface area contributed by atoms with Crippen molar-refractivity contribution in [1.82, 2.24) is 0 Å². The number of halogens is 4. The number of piperidine rings is 1. The zero-order valence-electron chi connectivity index (χ0n) is 10.7. The first-order valence-corrected chi connectivity index (χ1v) is 6.10. The van der Waals surface area contributed by atoms with Gasteiger partial charge in [0.05, 0.1) is 11.5 Å². The lowest BCUT2D eigenvalue weighted by atomic mass is 9.97. The quantitative estimate of drug-likeness (QED) is 0.855. The molecule has 0 spiro atoms. The topological polar surface area (TPSA) is 57.6 Å². The number of alkyl halides is 3. The SMILES string of the molecule is O=C(O)C1CCC(=O)N(c2ccc(F)c(C(F)(F)F)c2)C1. The Hall–Kier alpha value is -2.12. The number of hydrogen-bond donors (Lipinski definition) is 1. The third-order valence-corrected chi connectivity index (χ3v) is 3.33. The van der Waals surface area contributed by atoms with Crippen molar-refractivity contribution in [3.8, 4) is 0 Å². The van der Waals surface area contributed by atoms with Crippen molar-refractivity contribution in [3.63, 3.8) is 0 Å². The highest BCUT2D eigenvalue weighted by Crippen LogP contribution is 2.35. The van der Waals surface area contributed by atoms with Crippen LogP contribution in [-0.2, 0) is 15.8 Å². The molecule has 1 N–H and O–H groups in total. The number of anilines is 1. The fourth-order valence-corrected chi connectivity index (χ4v) is 2.20. The molecule has 21 heavy (non-hydrogen) atoms. The van der Waals surface area contributed by atoms with Gasteiger partial charge in [-0.3, -0.25) is 9.59 Å². The molecule has 1 unspecified atom stereocenters. The molecule has 1 atom stereocenters. The van der Waals surface area contributed by atoms with Gasteiger partial charge in [-0.05, 0) is 24.6 Å². The molecule has 1 heterocycles. The Kier molecular flexibility index (Phi) is 3.89. The van der Waals surface area contributed by atoms with Crippen LogP contribution in [0.1, 0.15) is 18.4 Å². The van der Waals surface area contributed by atoms with Crippen molar-refractivity contribution in [2.45, 2.75) is 19.0 Å². The smallest absolute Gasteiger partial charge is 0.419 e. The van der Waals surface area contributed by atoms with Crippen molar-refractivity contribution in [1.29, 1.82) is 0 Å². The lowest BCUT2D eigenvalue weighted by molar-refractivity contribution is -0.143. The van der Waals surface area contributed by atoms with Crippen LogP contribution in [-0.4, -0.2) is 23.5 Å². The highest BCUT2D eigenvalue weighted by molar-refractivity contribution is 5.95. The summed E-state index contributed by atoms with van der Waals surface area (Å²) in [5, 5.41) is 8.94. The fourth-order valence-electron chi connectivity index (χ4n) is 2.20. The number of rotatable bonds is 2. The van der Waals surface area contributed by atoms with Crippen LogP contribution >= 0.6 is 0 Å². The van der Waals surface area contributed by atoms with Gasteiger partial charge in [0.1, 0.15) is 5.82 Å². The standard InChI is InChI=1S/C13H11F4NO3/c14-10-3-2-8(5-9(10)13(15,16)17)18-6-7(12(20)21)1-4-11(18)19/h2-3,5,7H,1,4,6H2,(H,20,21). The van der Waals surface area contributed by atoms with Crippen LogP contribution in [0.4, 0.5) is 23.2 Å². The average Bonchev–Trinajstić information content (AvgIpc) is 2.38. The van der Waals surface area contributed by atoms with Crippen LogP contribution in [0.25, 0.3) is 0 Å². The van der Waals surface area contributed by atoms with E-state index >= 15 is 0 Å². The van der Waals surface area contributed by atoms with Crippen molar-refractivity contribution in [3.05, 3.63) is 29.6 Å². The largest absolute Gasteiger partial charge is 0.481 e. The summed E-state index contributed by atoms with van der Waals surface area (Å²) < 4.78 is 51.2. The molecule has 1 aromatic rings. The van der Waals surface area contributed by atoms with E-state index in [-0.39, 0.29) is 25.1 Å². The monoisotopic (exact) mass is 305 g/mol. The van der Waals surface area contributed by atoms with Crippen molar-refractivity contribution < 1.29 is 32.3 Å². The Bertz CT molecular complexity index is 585. The maximum absolute atomic E-state index is 13.2. The summed E-state index contributed by atoms with van der Waals surface area (Å²) in [6.07, 6.45) is -4.82. The molecule has 0 saturated carbocycles. The van der Waals surface area contributed by atoms with E-state index in [1.54, 1.807) is 0 Å². The highest BCUT2D eigenvalue weighted by atomic mass is 19.4. The highest BCUT2D eigenvalue weighted by Gasteiger charge is 2.36. The van der Waals surface area contributed by atoms with Gasteiger partial charge < -0.3 is 10.0 Å². The zero-order valence-corrected chi connectivity index (χ0v) is 10.7. The van der Waals surface area contributed by atoms with Gasteiger partial charge in [-0.1, -0.05) is 0 Å². The van der Waals surface area contributed by atoms with Gasteiger partial charge in [-0.15, -0.1) is 0 Å². The molecule has 4 nitrogen and oxygen atoms in total. The Morgan fingerprint density at radius 3 is 2.57 bits per heavy atom. The minimum Gasteiger partial charge on any atom is -0.481 e. The molecule has 8 heteroatoms. The second-order valence-corrected chi connectivity index (χ2v) is 4.74. The Labute approximate surface area is 117 Å². The maximum atomic E-state index is 13.2. The zero-order chi connectivity index (χ0) is 15.8. The van der Waals surface area contributed by atoms with Crippen LogP contribution in [0.2, 0.25) is 0 Å². The van der Waals surface area contributed by atoms with Crippen molar-refractivity contribution in [2.24, 2.45) is 5.92 Å². The first-order valence-electron chi connectivity index (χ1n) is 6.10. The minimum absolute atomic E-state index is 0.0737. The maximum Gasteiger partial charge on any atom is 0.419 e. The molecule has 0 bridgehead atoms. The van der Waals surface area contributed by atoms with Crippen LogP contribution < -0.4 is 4.90 Å². The first kappa shape index (κ1) is 15.3. The van der Waals surface area contributed by atoms with E-state index in [4.69, 9.17) is 5.11 Å². The lowest BCUT2D eigenvalue weighted by Gasteiger charge is -2.31. The Morgan fingerprint density at radius 2 is 2.00 bits per heavy atom. The number of carbonyl (C=O) groups excluding carboxylic acids is 1. The number of hydrogen-bond acceptors (Lipinski definition) is 2. The summed E-state index contributed by atoms with van der Waals surface area (Å²) in [6.45, 7) is -0.225. The van der Waals surface area contributed by atoms with E-state index in [0.717, 1.165) is 11.0 Å². The van der Waals surface area contributed by atoms with E-state index < -0.39 is 35.4 Å². The van der Waals surface area contributed by atoms with E-state index in [1.165, 1.54) is 0 Å². The van der Waals surface area contributed by atoms with Gasteiger partial charge in [0.15, 0.2) is 0 Å². The minimum atomic E-state index is -4.88. The molecular weight excluding hydrogens is 294 g/mol.